The Bertz CT molecular complexity index is 915. The number of aromatic nitrogens is 2. The number of benzene rings is 2. The van der Waals surface area contributed by atoms with Gasteiger partial charge < -0.3 is 14.6 Å². The van der Waals surface area contributed by atoms with Gasteiger partial charge in [0.1, 0.15) is 0 Å². The molecule has 138 valence electrons. The SMILES string of the molecule is Cc1nnc(-c2cccc(C(=O)NC3CCN(c4ccccc4)CC3)c2)o1. The summed E-state index contributed by atoms with van der Waals surface area (Å²) in [6.07, 6.45) is 1.87. The van der Waals surface area contributed by atoms with Crippen LogP contribution in [0.3, 0.4) is 0 Å². The summed E-state index contributed by atoms with van der Waals surface area (Å²) in [6.45, 7) is 3.63. The van der Waals surface area contributed by atoms with E-state index in [9.17, 15) is 4.79 Å². The van der Waals surface area contributed by atoms with Crippen LogP contribution in [-0.4, -0.2) is 35.2 Å². The van der Waals surface area contributed by atoms with Crippen molar-refractivity contribution in [3.63, 3.8) is 0 Å². The van der Waals surface area contributed by atoms with E-state index in [2.05, 4.69) is 44.7 Å². The molecule has 0 saturated carbocycles. The van der Waals surface area contributed by atoms with E-state index in [0.717, 1.165) is 31.5 Å². The van der Waals surface area contributed by atoms with Gasteiger partial charge in [0.15, 0.2) is 0 Å². The van der Waals surface area contributed by atoms with Gasteiger partial charge in [-0.25, -0.2) is 0 Å². The maximum absolute atomic E-state index is 12.7. The van der Waals surface area contributed by atoms with Gasteiger partial charge in [0.05, 0.1) is 0 Å². The Labute approximate surface area is 158 Å². The molecule has 6 nitrogen and oxygen atoms in total. The Morgan fingerprint density at radius 3 is 2.56 bits per heavy atom. The van der Waals surface area contributed by atoms with Gasteiger partial charge in [-0.05, 0) is 43.2 Å². The smallest absolute Gasteiger partial charge is 0.251 e. The minimum atomic E-state index is -0.0637. The third-order valence-corrected chi connectivity index (χ3v) is 4.85. The van der Waals surface area contributed by atoms with E-state index >= 15 is 0 Å². The van der Waals surface area contributed by atoms with Crippen LogP contribution >= 0.6 is 0 Å². The highest BCUT2D eigenvalue weighted by molar-refractivity contribution is 5.95. The lowest BCUT2D eigenvalue weighted by Gasteiger charge is -2.34. The first-order chi connectivity index (χ1) is 13.2. The van der Waals surface area contributed by atoms with Crippen LogP contribution < -0.4 is 10.2 Å². The standard InChI is InChI=1S/C21H22N4O2/c1-15-23-24-21(27-15)17-7-5-6-16(14-17)20(26)22-18-10-12-25(13-11-18)19-8-3-2-4-9-19/h2-9,14,18H,10-13H2,1H3,(H,22,26). The molecule has 0 atom stereocenters. The minimum Gasteiger partial charge on any atom is -0.421 e. The van der Waals surface area contributed by atoms with Crippen LogP contribution in [0.2, 0.25) is 0 Å². The normalized spacial score (nSPS) is 14.9. The summed E-state index contributed by atoms with van der Waals surface area (Å²) in [5.74, 6) is 0.870. The van der Waals surface area contributed by atoms with E-state index < -0.39 is 0 Å². The van der Waals surface area contributed by atoms with Crippen LogP contribution in [0.5, 0.6) is 0 Å². The molecule has 1 N–H and O–H groups in total. The zero-order valence-electron chi connectivity index (χ0n) is 15.3. The van der Waals surface area contributed by atoms with Gasteiger partial charge in [-0.2, -0.15) is 0 Å². The van der Waals surface area contributed by atoms with E-state index in [-0.39, 0.29) is 11.9 Å². The van der Waals surface area contributed by atoms with Crippen molar-refractivity contribution in [3.8, 4) is 11.5 Å². The van der Waals surface area contributed by atoms with Crippen molar-refractivity contribution in [2.24, 2.45) is 0 Å². The van der Waals surface area contributed by atoms with Crippen LogP contribution in [0.15, 0.2) is 59.0 Å². The summed E-state index contributed by atoms with van der Waals surface area (Å²) in [6, 6.07) is 17.9. The Kier molecular flexibility index (Phi) is 4.87. The highest BCUT2D eigenvalue weighted by Gasteiger charge is 2.21. The third-order valence-electron chi connectivity index (χ3n) is 4.85. The van der Waals surface area contributed by atoms with Crippen LogP contribution in [0, 0.1) is 6.92 Å². The molecular weight excluding hydrogens is 340 g/mol. The van der Waals surface area contributed by atoms with Gasteiger partial charge in [0.25, 0.3) is 5.91 Å². The van der Waals surface area contributed by atoms with Crippen molar-refractivity contribution in [1.82, 2.24) is 15.5 Å². The van der Waals surface area contributed by atoms with Gasteiger partial charge in [-0.1, -0.05) is 24.3 Å². The van der Waals surface area contributed by atoms with E-state index in [1.807, 2.05) is 18.2 Å². The first-order valence-electron chi connectivity index (χ1n) is 9.20. The number of nitrogens with one attached hydrogen (secondary N) is 1. The number of nitrogens with zero attached hydrogens (tertiary/aromatic N) is 3. The molecule has 0 unspecified atom stereocenters. The molecule has 0 bridgehead atoms. The molecule has 1 aromatic heterocycles. The first-order valence-corrected chi connectivity index (χ1v) is 9.20. The quantitative estimate of drug-likeness (QED) is 0.770. The number of rotatable bonds is 4. The van der Waals surface area contributed by atoms with Crippen LogP contribution in [0.25, 0.3) is 11.5 Å². The van der Waals surface area contributed by atoms with Crippen molar-refractivity contribution >= 4 is 11.6 Å². The lowest BCUT2D eigenvalue weighted by atomic mass is 10.0. The molecule has 2 aromatic carbocycles. The van der Waals surface area contributed by atoms with Crippen LogP contribution in [-0.2, 0) is 0 Å². The largest absolute Gasteiger partial charge is 0.421 e. The van der Waals surface area contributed by atoms with Gasteiger partial charge in [-0.15, -0.1) is 10.2 Å². The van der Waals surface area contributed by atoms with Crippen LogP contribution in [0.1, 0.15) is 29.1 Å². The molecule has 27 heavy (non-hydrogen) atoms. The fourth-order valence-corrected chi connectivity index (χ4v) is 3.40. The molecule has 2 heterocycles. The van der Waals surface area contributed by atoms with Crippen molar-refractivity contribution in [2.75, 3.05) is 18.0 Å². The molecule has 0 aliphatic carbocycles. The number of hydrogen-bond acceptors (Lipinski definition) is 5. The average molecular weight is 362 g/mol. The Morgan fingerprint density at radius 2 is 1.85 bits per heavy atom. The maximum atomic E-state index is 12.7. The molecular formula is C21H22N4O2. The summed E-state index contributed by atoms with van der Waals surface area (Å²) in [7, 11) is 0. The molecule has 1 fully saturated rings. The number of hydrogen-bond donors (Lipinski definition) is 1. The predicted octanol–water partition coefficient (Wildman–Crippen LogP) is 3.44. The minimum absolute atomic E-state index is 0.0637. The summed E-state index contributed by atoms with van der Waals surface area (Å²) in [5.41, 5.74) is 2.60. The Balaban J connectivity index is 1.37. The fourth-order valence-electron chi connectivity index (χ4n) is 3.40. The lowest BCUT2D eigenvalue weighted by Crippen LogP contribution is -2.44. The maximum Gasteiger partial charge on any atom is 0.251 e. The van der Waals surface area contributed by atoms with E-state index in [4.69, 9.17) is 4.42 Å². The van der Waals surface area contributed by atoms with Gasteiger partial charge in [0.2, 0.25) is 11.8 Å². The number of anilines is 1. The van der Waals surface area contributed by atoms with Gasteiger partial charge >= 0.3 is 0 Å². The highest BCUT2D eigenvalue weighted by Crippen LogP contribution is 2.21. The van der Waals surface area contributed by atoms with Crippen molar-refractivity contribution in [2.45, 2.75) is 25.8 Å². The zero-order valence-corrected chi connectivity index (χ0v) is 15.3. The number of aryl methyl sites for hydroxylation is 1. The number of para-hydroxylation sites is 1. The Hall–Kier alpha value is -3.15. The van der Waals surface area contributed by atoms with Crippen molar-refractivity contribution in [3.05, 3.63) is 66.1 Å². The number of piperidine rings is 1. The van der Waals surface area contributed by atoms with Crippen molar-refractivity contribution in [1.29, 1.82) is 0 Å². The number of carbonyl (C=O) groups excluding carboxylic acids is 1. The summed E-state index contributed by atoms with van der Waals surface area (Å²) < 4.78 is 5.45. The third kappa shape index (κ3) is 4.00. The van der Waals surface area contributed by atoms with Gasteiger partial charge in [0, 0.05) is 42.9 Å². The zero-order chi connectivity index (χ0) is 18.6. The molecule has 0 spiro atoms. The molecule has 1 aliphatic heterocycles. The van der Waals surface area contributed by atoms with E-state index in [1.165, 1.54) is 5.69 Å². The van der Waals surface area contributed by atoms with Crippen molar-refractivity contribution < 1.29 is 9.21 Å². The first kappa shape index (κ1) is 17.3. The van der Waals surface area contributed by atoms with E-state index in [0.29, 0.717) is 17.3 Å². The summed E-state index contributed by atoms with van der Waals surface area (Å²) >= 11 is 0. The second kappa shape index (κ2) is 7.61. The molecule has 1 aliphatic rings. The summed E-state index contributed by atoms with van der Waals surface area (Å²) in [4.78, 5) is 15.0. The fraction of sp³-hybridized carbons (Fsp3) is 0.286. The molecule has 6 heteroatoms. The highest BCUT2D eigenvalue weighted by atomic mass is 16.4. The van der Waals surface area contributed by atoms with Crippen LogP contribution in [0.4, 0.5) is 5.69 Å². The molecule has 0 radical (unpaired) electrons. The summed E-state index contributed by atoms with van der Waals surface area (Å²) in [5, 5.41) is 11.0. The topological polar surface area (TPSA) is 71.3 Å². The second-order valence-corrected chi connectivity index (χ2v) is 6.78. The monoisotopic (exact) mass is 362 g/mol. The number of amides is 1. The molecule has 4 rings (SSSR count). The molecule has 3 aromatic rings. The van der Waals surface area contributed by atoms with Gasteiger partial charge in [-0.3, -0.25) is 4.79 Å². The Morgan fingerprint density at radius 1 is 1.07 bits per heavy atom. The van der Waals surface area contributed by atoms with E-state index in [1.54, 1.807) is 19.1 Å². The second-order valence-electron chi connectivity index (χ2n) is 6.78. The molecule has 1 amide bonds. The predicted molar refractivity (Wildman–Crippen MR) is 104 cm³/mol. The number of carbonyl (C=O) groups is 1. The lowest BCUT2D eigenvalue weighted by molar-refractivity contribution is 0.0931. The average Bonchev–Trinajstić information content (AvgIpc) is 3.16. The molecule has 1 saturated heterocycles.